The van der Waals surface area contributed by atoms with E-state index in [1.807, 2.05) is 48.5 Å². The van der Waals surface area contributed by atoms with Crippen LogP contribution in [0, 0.1) is 56.7 Å². The molecule has 0 saturated heterocycles. The lowest BCUT2D eigenvalue weighted by molar-refractivity contribution is -0.246. The molecule has 0 bridgehead atoms. The van der Waals surface area contributed by atoms with Gasteiger partial charge in [-0.05, 0) is 164 Å². The van der Waals surface area contributed by atoms with Gasteiger partial charge in [0.25, 0.3) is 5.91 Å². The fourth-order valence-electron chi connectivity index (χ4n) is 13.8. The maximum atomic E-state index is 14.6. The summed E-state index contributed by atoms with van der Waals surface area (Å²) >= 11 is 0. The van der Waals surface area contributed by atoms with Crippen LogP contribution in [0.1, 0.15) is 127 Å². The molecule has 6 nitrogen and oxygen atoms in total. The molecule has 6 heteroatoms. The second-order valence-electron chi connectivity index (χ2n) is 19.3. The van der Waals surface area contributed by atoms with Crippen LogP contribution in [0.5, 0.6) is 0 Å². The second-order valence-corrected chi connectivity index (χ2v) is 19.3. The number of aliphatic hydroxyl groups excluding tert-OH is 1. The highest BCUT2D eigenvalue weighted by molar-refractivity contribution is 5.94. The number of aliphatic hydroxyl groups is 1. The van der Waals surface area contributed by atoms with Crippen LogP contribution in [0.25, 0.3) is 0 Å². The number of carbonyl (C=O) groups excluding carboxylic acids is 2. The molecule has 7 rings (SSSR count). The van der Waals surface area contributed by atoms with Crippen LogP contribution in [-0.4, -0.2) is 29.6 Å². The molecule has 4 unspecified atom stereocenters. The molecule has 5 aliphatic rings. The Kier molecular flexibility index (Phi) is 9.53. The highest BCUT2D eigenvalue weighted by Gasteiger charge is 2.71. The molecule has 0 heterocycles. The highest BCUT2D eigenvalue weighted by Crippen LogP contribution is 2.77. The Balaban J connectivity index is 1.06. The summed E-state index contributed by atoms with van der Waals surface area (Å²) in [6, 6.07) is 15.3. The van der Waals surface area contributed by atoms with E-state index in [1.165, 1.54) is 31.3 Å². The van der Waals surface area contributed by atoms with Crippen molar-refractivity contribution in [3.8, 4) is 0 Å². The lowest BCUT2D eigenvalue weighted by Crippen LogP contribution is -2.67. The Hall–Kier alpha value is -3.12. The summed E-state index contributed by atoms with van der Waals surface area (Å²) in [5.41, 5.74) is 10.7. The number of carbonyl (C=O) groups is 2. The van der Waals surface area contributed by atoms with Gasteiger partial charge in [-0.15, -0.1) is 0 Å². The number of allylic oxidation sites excluding steroid dienone is 1. The van der Waals surface area contributed by atoms with E-state index in [4.69, 9.17) is 5.73 Å². The molecule has 0 aromatic heterocycles. The largest absolute Gasteiger partial charge is 0.399 e. The van der Waals surface area contributed by atoms with Crippen molar-refractivity contribution in [1.82, 2.24) is 10.6 Å². The molecule has 10 atom stereocenters. The van der Waals surface area contributed by atoms with E-state index in [-0.39, 0.29) is 45.0 Å². The smallest absolute Gasteiger partial charge is 0.251 e. The van der Waals surface area contributed by atoms with Crippen LogP contribution in [0.2, 0.25) is 0 Å². The van der Waals surface area contributed by atoms with Gasteiger partial charge in [-0.2, -0.15) is 0 Å². The summed E-state index contributed by atoms with van der Waals surface area (Å²) in [4.78, 5) is 27.6. The first kappa shape index (κ1) is 37.2. The van der Waals surface area contributed by atoms with Crippen molar-refractivity contribution in [2.75, 3.05) is 12.3 Å². The van der Waals surface area contributed by atoms with Gasteiger partial charge in [-0.25, -0.2) is 0 Å². The summed E-state index contributed by atoms with van der Waals surface area (Å²) in [6.45, 7) is 20.3. The Morgan fingerprint density at radius 3 is 2.31 bits per heavy atom. The lowest BCUT2D eigenvalue weighted by Gasteiger charge is -2.72. The van der Waals surface area contributed by atoms with Gasteiger partial charge in [-0.3, -0.25) is 9.59 Å². The number of nitrogen functional groups attached to an aromatic ring is 1. The third-order valence-corrected chi connectivity index (χ3v) is 16.8. The Morgan fingerprint density at radius 2 is 1.58 bits per heavy atom. The summed E-state index contributed by atoms with van der Waals surface area (Å²) < 4.78 is 0. The number of anilines is 1. The molecule has 0 spiro atoms. The summed E-state index contributed by atoms with van der Waals surface area (Å²) in [7, 11) is 0. The second kappa shape index (κ2) is 13.3. The number of hydrogen-bond acceptors (Lipinski definition) is 4. The van der Waals surface area contributed by atoms with Gasteiger partial charge in [0.1, 0.15) is 0 Å². The van der Waals surface area contributed by atoms with Gasteiger partial charge in [-0.1, -0.05) is 71.0 Å². The van der Waals surface area contributed by atoms with Crippen LogP contribution in [0.4, 0.5) is 5.69 Å². The first-order valence-corrected chi connectivity index (χ1v) is 20.4. The zero-order chi connectivity index (χ0) is 37.3. The molecule has 5 saturated carbocycles. The zero-order valence-electron chi connectivity index (χ0n) is 32.8. The Labute approximate surface area is 313 Å². The van der Waals surface area contributed by atoms with E-state index >= 15 is 0 Å². The van der Waals surface area contributed by atoms with Crippen LogP contribution in [0.15, 0.2) is 60.7 Å². The zero-order valence-corrected chi connectivity index (χ0v) is 32.8. The number of fused-ring (bicyclic) bond motifs is 7. The average molecular weight is 708 g/mol. The molecule has 0 aliphatic heterocycles. The van der Waals surface area contributed by atoms with E-state index < -0.39 is 0 Å². The number of hydrogen-bond donors (Lipinski definition) is 4. The number of nitrogens with one attached hydrogen (secondary N) is 2. The maximum absolute atomic E-state index is 14.6. The first-order chi connectivity index (χ1) is 24.6. The van der Waals surface area contributed by atoms with E-state index in [0.717, 1.165) is 49.7 Å². The minimum absolute atomic E-state index is 0.0473. The summed E-state index contributed by atoms with van der Waals surface area (Å²) in [5.74, 6) is 2.54. The van der Waals surface area contributed by atoms with Gasteiger partial charge in [0.2, 0.25) is 5.91 Å². The van der Waals surface area contributed by atoms with Crippen LogP contribution >= 0.6 is 0 Å². The molecular formula is C46H65N3O3. The number of nitrogens with two attached hydrogens (primary N) is 1. The van der Waals surface area contributed by atoms with Gasteiger partial charge < -0.3 is 21.5 Å². The third-order valence-electron chi connectivity index (χ3n) is 16.8. The lowest BCUT2D eigenvalue weighted by atomic mass is 9.32. The van der Waals surface area contributed by atoms with Crippen LogP contribution < -0.4 is 16.4 Å². The fourth-order valence-corrected chi connectivity index (χ4v) is 13.8. The average Bonchev–Trinajstić information content (AvgIpc) is 3.52. The van der Waals surface area contributed by atoms with Crippen molar-refractivity contribution in [3.63, 3.8) is 0 Å². The quantitative estimate of drug-likeness (QED) is 0.163. The van der Waals surface area contributed by atoms with Gasteiger partial charge in [0.05, 0.1) is 11.5 Å². The maximum Gasteiger partial charge on any atom is 0.251 e. The molecule has 282 valence electrons. The van der Waals surface area contributed by atoms with E-state index in [1.54, 1.807) is 0 Å². The van der Waals surface area contributed by atoms with Gasteiger partial charge >= 0.3 is 0 Å². The molecule has 2 aromatic carbocycles. The number of rotatable bonds is 8. The monoisotopic (exact) mass is 708 g/mol. The minimum atomic E-state index is -0.348. The standard InChI is InChI=1S/C46H65N3O3/c1-29(2)34-17-23-46(41(52)48-26-20-30-9-8-10-32(27-30)40(51)49-28-31-11-13-33(47)14-12-31)25-24-44(6)35(39(34)46)15-16-37-43(5)21-19-38(50)42(3,4)36(43)18-22-45(37,44)7/h8-14,27,34-39,50H,1,15-26,28,47H2,2-7H3,(H,48,52)(H,49,51)/t34-,35?,36?,37?,38-,39?,43-,44+,45+,46-/m0/s1. The summed E-state index contributed by atoms with van der Waals surface area (Å²) in [6.07, 6.45) is 11.4. The van der Waals surface area contributed by atoms with E-state index in [9.17, 15) is 14.7 Å². The molecule has 2 amide bonds. The highest BCUT2D eigenvalue weighted by atomic mass is 16.3. The third kappa shape index (κ3) is 5.76. The SMILES string of the molecule is C=C(C)[C@@H]1CC[C@]2(C(=O)NCCc3cccc(C(=O)NCc4ccc(N)cc4)c3)CC[C@]3(C)C(CCC4[C@@]5(C)CC[C@H](O)C(C)(C)C5CC[C@]43C)C12. The molecule has 2 aromatic rings. The van der Waals surface area contributed by atoms with Crippen molar-refractivity contribution in [3.05, 3.63) is 77.4 Å². The fraction of sp³-hybridized carbons (Fsp3) is 0.652. The van der Waals surface area contributed by atoms with E-state index in [0.29, 0.717) is 60.4 Å². The molecule has 52 heavy (non-hydrogen) atoms. The van der Waals surface area contributed by atoms with Crippen molar-refractivity contribution in [2.24, 2.45) is 56.7 Å². The van der Waals surface area contributed by atoms with Crippen molar-refractivity contribution in [2.45, 2.75) is 125 Å². The predicted molar refractivity (Wildman–Crippen MR) is 210 cm³/mol. The van der Waals surface area contributed by atoms with Crippen molar-refractivity contribution >= 4 is 17.5 Å². The Bertz CT molecular complexity index is 1700. The summed E-state index contributed by atoms with van der Waals surface area (Å²) in [5, 5.41) is 17.6. The van der Waals surface area contributed by atoms with Crippen LogP contribution in [0.3, 0.4) is 0 Å². The molecule has 5 aliphatic carbocycles. The van der Waals surface area contributed by atoms with Gasteiger partial charge in [0, 0.05) is 24.3 Å². The number of benzene rings is 2. The Morgan fingerprint density at radius 1 is 0.827 bits per heavy atom. The first-order valence-electron chi connectivity index (χ1n) is 20.4. The van der Waals surface area contributed by atoms with Gasteiger partial charge in [0.15, 0.2) is 0 Å². The predicted octanol–water partition coefficient (Wildman–Crippen LogP) is 8.88. The molecule has 5 N–H and O–H groups in total. The topological polar surface area (TPSA) is 104 Å². The number of amides is 2. The molecule has 5 fully saturated rings. The van der Waals surface area contributed by atoms with Crippen LogP contribution in [-0.2, 0) is 17.8 Å². The van der Waals surface area contributed by atoms with E-state index in [2.05, 4.69) is 58.8 Å². The van der Waals surface area contributed by atoms with Crippen molar-refractivity contribution in [1.29, 1.82) is 0 Å². The molecule has 0 radical (unpaired) electrons. The normalized spacial score (nSPS) is 38.9. The molecular weight excluding hydrogens is 643 g/mol. The minimum Gasteiger partial charge on any atom is -0.399 e. The van der Waals surface area contributed by atoms with Crippen molar-refractivity contribution < 1.29 is 14.7 Å².